The molecule has 1 N–H and O–H groups in total. The van der Waals surface area contributed by atoms with Crippen molar-refractivity contribution in [1.82, 2.24) is 9.55 Å². The van der Waals surface area contributed by atoms with Crippen molar-refractivity contribution in [1.29, 1.82) is 0 Å². The van der Waals surface area contributed by atoms with E-state index in [0.717, 1.165) is 29.8 Å². The van der Waals surface area contributed by atoms with Crippen molar-refractivity contribution in [3.63, 3.8) is 0 Å². The first-order chi connectivity index (χ1) is 13.9. The minimum Gasteiger partial charge on any atom is -0.494 e. The molecule has 0 saturated heterocycles. The quantitative estimate of drug-likeness (QED) is 0.522. The number of para-hydroxylation sites is 1. The fourth-order valence-corrected chi connectivity index (χ4v) is 4.96. The molecule has 29 heavy (non-hydrogen) atoms. The molecule has 154 valence electrons. The van der Waals surface area contributed by atoms with Crippen LogP contribution in [-0.4, -0.2) is 16.2 Å². The Kier molecular flexibility index (Phi) is 5.24. The van der Waals surface area contributed by atoms with Gasteiger partial charge in [-0.25, -0.2) is 9.37 Å². The topological polar surface area (TPSA) is 39.1 Å². The van der Waals surface area contributed by atoms with Crippen molar-refractivity contribution in [2.24, 2.45) is 11.3 Å². The Labute approximate surface area is 172 Å². The lowest BCUT2D eigenvalue weighted by atomic mass is 9.70. The monoisotopic (exact) mass is 395 g/mol. The predicted molar refractivity (Wildman–Crippen MR) is 116 cm³/mol. The highest BCUT2D eigenvalue weighted by Gasteiger charge is 2.34. The zero-order valence-electron chi connectivity index (χ0n) is 17.7. The van der Waals surface area contributed by atoms with E-state index in [1.54, 1.807) is 6.07 Å². The van der Waals surface area contributed by atoms with Gasteiger partial charge in [0.15, 0.2) is 5.82 Å². The van der Waals surface area contributed by atoms with E-state index in [9.17, 15) is 4.39 Å². The number of fused-ring (bicyclic) bond motifs is 1. The maximum atomic E-state index is 14.5. The Morgan fingerprint density at radius 1 is 1.17 bits per heavy atom. The van der Waals surface area contributed by atoms with Crippen LogP contribution >= 0.6 is 0 Å². The van der Waals surface area contributed by atoms with Gasteiger partial charge in [0.1, 0.15) is 11.3 Å². The summed E-state index contributed by atoms with van der Waals surface area (Å²) in [5.74, 6) is 1.87. The molecule has 0 spiro atoms. The zero-order chi connectivity index (χ0) is 20.6. The second kappa shape index (κ2) is 7.69. The maximum absolute atomic E-state index is 14.5. The van der Waals surface area contributed by atoms with E-state index in [-0.39, 0.29) is 17.3 Å². The van der Waals surface area contributed by atoms with Crippen LogP contribution in [0.3, 0.4) is 0 Å². The minimum atomic E-state index is -0.279. The van der Waals surface area contributed by atoms with Crippen LogP contribution < -0.4 is 10.1 Å². The van der Waals surface area contributed by atoms with E-state index < -0.39 is 0 Å². The maximum Gasteiger partial charge on any atom is 0.208 e. The molecule has 4 rings (SSSR count). The number of nitrogens with zero attached hydrogens (tertiary/aromatic N) is 2. The molecule has 5 heteroatoms. The van der Waals surface area contributed by atoms with Crippen LogP contribution in [0.2, 0.25) is 0 Å². The van der Waals surface area contributed by atoms with Crippen LogP contribution in [0.25, 0.3) is 11.0 Å². The van der Waals surface area contributed by atoms with Gasteiger partial charge >= 0.3 is 0 Å². The lowest BCUT2D eigenvalue weighted by Crippen LogP contribution is -2.29. The van der Waals surface area contributed by atoms with Crippen LogP contribution in [0, 0.1) is 17.2 Å². The summed E-state index contributed by atoms with van der Waals surface area (Å²) in [6.07, 6.45) is 3.34. The first-order valence-corrected chi connectivity index (χ1v) is 10.5. The largest absolute Gasteiger partial charge is 0.494 e. The van der Waals surface area contributed by atoms with Crippen molar-refractivity contribution in [3.05, 3.63) is 48.3 Å². The summed E-state index contributed by atoms with van der Waals surface area (Å²) in [7, 11) is 0. The third-order valence-corrected chi connectivity index (χ3v) is 5.82. The number of imidazole rings is 1. The summed E-state index contributed by atoms with van der Waals surface area (Å²) >= 11 is 0. The predicted octanol–water partition coefficient (Wildman–Crippen LogP) is 6.71. The number of nitrogens with one attached hydrogen (secondary N) is 1. The van der Waals surface area contributed by atoms with E-state index >= 15 is 0 Å². The molecule has 1 aliphatic rings. The number of anilines is 2. The van der Waals surface area contributed by atoms with E-state index in [1.165, 1.54) is 12.5 Å². The number of hydrogen-bond acceptors (Lipinski definition) is 3. The van der Waals surface area contributed by atoms with Crippen molar-refractivity contribution >= 4 is 22.7 Å². The fourth-order valence-electron chi connectivity index (χ4n) is 4.96. The molecule has 0 bridgehead atoms. The number of aromatic nitrogens is 2. The lowest BCUT2D eigenvalue weighted by Gasteiger charge is -2.40. The molecule has 0 aliphatic heterocycles. The molecule has 2 aromatic carbocycles. The second-order valence-electron chi connectivity index (χ2n) is 9.06. The number of ether oxygens (including phenoxy) is 1. The smallest absolute Gasteiger partial charge is 0.208 e. The summed E-state index contributed by atoms with van der Waals surface area (Å²) in [5.41, 5.74) is 2.45. The molecule has 1 aromatic heterocycles. The highest BCUT2D eigenvalue weighted by atomic mass is 19.1. The van der Waals surface area contributed by atoms with Crippen molar-refractivity contribution in [2.45, 2.75) is 53.0 Å². The molecule has 3 aromatic rings. The minimum absolute atomic E-state index is 0.253. The van der Waals surface area contributed by atoms with Crippen LogP contribution in [-0.2, 0) is 0 Å². The average molecular weight is 396 g/mol. The van der Waals surface area contributed by atoms with Gasteiger partial charge in [0, 0.05) is 11.7 Å². The Bertz CT molecular complexity index is 993. The van der Waals surface area contributed by atoms with Gasteiger partial charge in [-0.3, -0.25) is 0 Å². The molecule has 0 radical (unpaired) electrons. The van der Waals surface area contributed by atoms with Gasteiger partial charge in [-0.2, -0.15) is 0 Å². The van der Waals surface area contributed by atoms with Gasteiger partial charge in [0.2, 0.25) is 5.95 Å². The number of benzene rings is 2. The molecule has 2 atom stereocenters. The van der Waals surface area contributed by atoms with Crippen molar-refractivity contribution in [3.8, 4) is 5.75 Å². The van der Waals surface area contributed by atoms with E-state index in [4.69, 9.17) is 4.74 Å². The van der Waals surface area contributed by atoms with Crippen molar-refractivity contribution < 1.29 is 9.13 Å². The Morgan fingerprint density at radius 2 is 1.93 bits per heavy atom. The first-order valence-electron chi connectivity index (χ1n) is 10.5. The van der Waals surface area contributed by atoms with E-state index in [1.807, 2.05) is 37.3 Å². The third kappa shape index (κ3) is 4.09. The molecule has 2 unspecified atom stereocenters. The molecule has 1 fully saturated rings. The first kappa shape index (κ1) is 19.7. The normalized spacial score (nSPS) is 21.3. The van der Waals surface area contributed by atoms with Crippen molar-refractivity contribution in [2.75, 3.05) is 11.9 Å². The fraction of sp³-hybridized carbons (Fsp3) is 0.458. The van der Waals surface area contributed by atoms with Crippen LogP contribution in [0.15, 0.2) is 42.5 Å². The average Bonchev–Trinajstić information content (AvgIpc) is 3.01. The molecule has 1 heterocycles. The molecule has 4 nitrogen and oxygen atoms in total. The lowest BCUT2D eigenvalue weighted by molar-refractivity contribution is 0.140. The molecule has 1 saturated carbocycles. The summed E-state index contributed by atoms with van der Waals surface area (Å²) in [6, 6.07) is 13.3. The van der Waals surface area contributed by atoms with Crippen LogP contribution in [0.1, 0.15) is 53.0 Å². The van der Waals surface area contributed by atoms with Gasteiger partial charge in [-0.05, 0) is 73.9 Å². The summed E-state index contributed by atoms with van der Waals surface area (Å²) in [4.78, 5) is 4.66. The molecular formula is C24H30FN3O. The highest BCUT2D eigenvalue weighted by Crippen LogP contribution is 2.46. The van der Waals surface area contributed by atoms with Gasteiger partial charge < -0.3 is 14.6 Å². The molecule has 1 aliphatic carbocycles. The van der Waals surface area contributed by atoms with Gasteiger partial charge in [-0.1, -0.05) is 26.8 Å². The third-order valence-electron chi connectivity index (χ3n) is 5.82. The van der Waals surface area contributed by atoms with Crippen LogP contribution in [0.5, 0.6) is 5.75 Å². The summed E-state index contributed by atoms with van der Waals surface area (Å²) in [6.45, 7) is 9.57. The Balaban J connectivity index is 1.75. The standard InChI is InChI=1S/C24H30FN3O/c1-5-29-19-11-9-17(10-12-19)26-23-27-22-20(25)7-6-8-21(22)28(23)18-13-16(2)14-24(3,4)15-18/h6-12,16,18H,5,13-15H2,1-4H3,(H,26,27). The Morgan fingerprint density at radius 3 is 2.62 bits per heavy atom. The number of halogens is 1. The van der Waals surface area contributed by atoms with E-state index in [2.05, 4.69) is 35.6 Å². The molecular weight excluding hydrogens is 365 g/mol. The molecule has 0 amide bonds. The number of hydrogen-bond donors (Lipinski definition) is 1. The van der Waals surface area contributed by atoms with Crippen LogP contribution in [0.4, 0.5) is 16.0 Å². The SMILES string of the molecule is CCOc1ccc(Nc2nc3c(F)cccc3n2C2CC(C)CC(C)(C)C2)cc1. The van der Waals surface area contributed by atoms with E-state index in [0.29, 0.717) is 24.0 Å². The highest BCUT2D eigenvalue weighted by molar-refractivity contribution is 5.80. The summed E-state index contributed by atoms with van der Waals surface area (Å²) in [5, 5.41) is 3.43. The summed E-state index contributed by atoms with van der Waals surface area (Å²) < 4.78 is 22.3. The van der Waals surface area contributed by atoms with Gasteiger partial charge in [0.25, 0.3) is 0 Å². The number of rotatable bonds is 5. The van der Waals surface area contributed by atoms with Gasteiger partial charge in [0.05, 0.1) is 12.1 Å². The Hall–Kier alpha value is -2.56. The second-order valence-corrected chi connectivity index (χ2v) is 9.06. The van der Waals surface area contributed by atoms with Gasteiger partial charge in [-0.15, -0.1) is 0 Å². The zero-order valence-corrected chi connectivity index (χ0v) is 17.7.